The van der Waals surface area contributed by atoms with Crippen molar-refractivity contribution < 1.29 is 14.5 Å². The first-order valence-corrected chi connectivity index (χ1v) is 11.4. The van der Waals surface area contributed by atoms with Crippen LogP contribution in [0.3, 0.4) is 0 Å². The predicted octanol–water partition coefficient (Wildman–Crippen LogP) is 4.97. The fraction of sp³-hybridized carbons (Fsp3) is 0.0741. The van der Waals surface area contributed by atoms with Crippen LogP contribution in [0.5, 0.6) is 0 Å². The maximum atomic E-state index is 13.5. The molecule has 0 radical (unpaired) electrons. The summed E-state index contributed by atoms with van der Waals surface area (Å²) in [5.74, 6) is -0.412. The topological polar surface area (TPSA) is 131 Å². The van der Waals surface area contributed by atoms with Crippen molar-refractivity contribution in [1.29, 1.82) is 0 Å². The summed E-state index contributed by atoms with van der Waals surface area (Å²) >= 11 is 0. The van der Waals surface area contributed by atoms with E-state index in [0.717, 1.165) is 0 Å². The zero-order valence-corrected chi connectivity index (χ0v) is 19.7. The number of para-hydroxylation sites is 2. The van der Waals surface area contributed by atoms with Crippen LogP contribution in [0.15, 0.2) is 102 Å². The van der Waals surface area contributed by atoms with Crippen molar-refractivity contribution in [2.24, 2.45) is 0 Å². The van der Waals surface area contributed by atoms with Crippen LogP contribution in [-0.4, -0.2) is 26.5 Å². The van der Waals surface area contributed by atoms with E-state index in [9.17, 15) is 19.7 Å². The number of nitro groups is 1. The Bertz CT molecular complexity index is 1530. The molecule has 0 spiro atoms. The van der Waals surface area contributed by atoms with Gasteiger partial charge in [0.2, 0.25) is 0 Å². The minimum absolute atomic E-state index is 0.118. The van der Waals surface area contributed by atoms with Crippen molar-refractivity contribution in [3.8, 4) is 0 Å². The molecule has 0 saturated carbocycles. The number of amides is 2. The summed E-state index contributed by atoms with van der Waals surface area (Å²) in [7, 11) is 0. The Kier molecular flexibility index (Phi) is 6.21. The highest BCUT2D eigenvalue weighted by molar-refractivity contribution is 6.09. The smallest absolute Gasteiger partial charge is 0.269 e. The molecular weight excluding hydrogens is 472 g/mol. The lowest BCUT2D eigenvalue weighted by Crippen LogP contribution is -2.32. The maximum Gasteiger partial charge on any atom is 0.269 e. The number of non-ortho nitro benzene ring substituents is 1. The molecule has 3 aromatic carbocycles. The van der Waals surface area contributed by atoms with E-state index < -0.39 is 16.9 Å². The molecule has 3 N–H and O–H groups in total. The first-order chi connectivity index (χ1) is 17.9. The molecule has 0 fully saturated rings. The van der Waals surface area contributed by atoms with Crippen molar-refractivity contribution in [2.75, 3.05) is 16.0 Å². The second-order valence-corrected chi connectivity index (χ2v) is 8.41. The van der Waals surface area contributed by atoms with Gasteiger partial charge in [-0.25, -0.2) is 4.68 Å². The quantitative estimate of drug-likeness (QED) is 0.256. The van der Waals surface area contributed by atoms with E-state index in [1.165, 1.54) is 23.0 Å². The molecule has 5 rings (SSSR count). The summed E-state index contributed by atoms with van der Waals surface area (Å²) < 4.78 is 1.51. The number of rotatable bonds is 6. The van der Waals surface area contributed by atoms with Gasteiger partial charge in [0.15, 0.2) is 0 Å². The van der Waals surface area contributed by atoms with Gasteiger partial charge in [0.25, 0.3) is 17.5 Å². The Balaban J connectivity index is 1.58. The second kappa shape index (κ2) is 9.78. The van der Waals surface area contributed by atoms with Gasteiger partial charge in [-0.15, -0.1) is 0 Å². The Hall–Kier alpha value is -5.25. The van der Waals surface area contributed by atoms with Crippen molar-refractivity contribution in [2.45, 2.75) is 13.0 Å². The Morgan fingerprint density at radius 1 is 0.919 bits per heavy atom. The number of anilines is 3. The number of carbonyl (C=O) groups excluding carboxylic acids is 2. The molecule has 37 heavy (non-hydrogen) atoms. The first kappa shape index (κ1) is 23.5. The van der Waals surface area contributed by atoms with Crippen LogP contribution in [-0.2, 0) is 4.79 Å². The van der Waals surface area contributed by atoms with Crippen LogP contribution in [0, 0.1) is 10.1 Å². The summed E-state index contributed by atoms with van der Waals surface area (Å²) in [6, 6.07) is 23.2. The highest BCUT2D eigenvalue weighted by atomic mass is 16.6. The number of benzene rings is 3. The molecule has 0 saturated heterocycles. The van der Waals surface area contributed by atoms with Gasteiger partial charge in [-0.2, -0.15) is 5.10 Å². The van der Waals surface area contributed by atoms with E-state index in [1.54, 1.807) is 55.5 Å². The lowest BCUT2D eigenvalue weighted by molar-refractivity contribution is -0.384. The number of aromatic nitrogens is 2. The average Bonchev–Trinajstić information content (AvgIpc) is 3.32. The van der Waals surface area contributed by atoms with E-state index in [4.69, 9.17) is 0 Å². The van der Waals surface area contributed by atoms with Crippen LogP contribution >= 0.6 is 0 Å². The normalized spacial score (nSPS) is 14.4. The van der Waals surface area contributed by atoms with Crippen LogP contribution in [0.25, 0.3) is 0 Å². The molecule has 10 nitrogen and oxygen atoms in total. The zero-order valence-electron chi connectivity index (χ0n) is 19.7. The molecule has 0 aliphatic carbocycles. The van der Waals surface area contributed by atoms with E-state index in [2.05, 4.69) is 21.0 Å². The number of nitrogens with one attached hydrogen (secondary N) is 3. The van der Waals surface area contributed by atoms with E-state index in [0.29, 0.717) is 34.0 Å². The van der Waals surface area contributed by atoms with E-state index in [-0.39, 0.29) is 17.2 Å². The Morgan fingerprint density at radius 3 is 2.16 bits per heavy atom. The number of hydrogen-bond donors (Lipinski definition) is 3. The van der Waals surface area contributed by atoms with Gasteiger partial charge in [-0.05, 0) is 36.8 Å². The molecule has 4 aromatic rings. The van der Waals surface area contributed by atoms with Crippen molar-refractivity contribution in [3.05, 3.63) is 124 Å². The number of nitro benzene ring substituents is 1. The molecule has 1 atom stereocenters. The van der Waals surface area contributed by atoms with E-state index in [1.807, 2.05) is 24.3 Å². The average molecular weight is 495 g/mol. The standard InChI is InChI=1S/C27H22N6O4/c1-17-23(27(35)31-20-12-6-3-7-13-20)24(18-9-8-14-21(15-18)33(36)37)32-25(29-17)22(16-28-32)26(34)30-19-10-4-2-5-11-19/h2-16,24,29H,1H3,(H,30,34)(H,31,35)/t24-/m0/s1. The van der Waals surface area contributed by atoms with Gasteiger partial charge in [-0.1, -0.05) is 48.5 Å². The van der Waals surface area contributed by atoms with Crippen LogP contribution < -0.4 is 16.0 Å². The van der Waals surface area contributed by atoms with E-state index >= 15 is 0 Å². The molecule has 2 amide bonds. The largest absolute Gasteiger partial charge is 0.343 e. The number of carbonyl (C=O) groups is 2. The molecule has 1 aliphatic rings. The fourth-order valence-electron chi connectivity index (χ4n) is 4.27. The SMILES string of the molecule is CC1=C(C(=O)Nc2ccccc2)[C@H](c2cccc([N+](=O)[O-])c2)n2ncc(C(=O)Nc3ccccc3)c2N1. The predicted molar refractivity (Wildman–Crippen MR) is 139 cm³/mol. The molecule has 0 bridgehead atoms. The second-order valence-electron chi connectivity index (χ2n) is 8.41. The van der Waals surface area contributed by atoms with Gasteiger partial charge in [-0.3, -0.25) is 19.7 Å². The van der Waals surface area contributed by atoms with Gasteiger partial charge in [0.1, 0.15) is 17.4 Å². The first-order valence-electron chi connectivity index (χ1n) is 11.4. The third kappa shape index (κ3) is 4.67. The molecule has 0 unspecified atom stereocenters. The lowest BCUT2D eigenvalue weighted by Gasteiger charge is -2.30. The minimum Gasteiger partial charge on any atom is -0.343 e. The highest BCUT2D eigenvalue weighted by Crippen LogP contribution is 2.38. The van der Waals surface area contributed by atoms with Gasteiger partial charge in [0.05, 0.1) is 16.7 Å². The molecule has 1 aliphatic heterocycles. The number of allylic oxidation sites excluding steroid dienone is 1. The van der Waals surface area contributed by atoms with Gasteiger partial charge >= 0.3 is 0 Å². The molecule has 10 heteroatoms. The third-order valence-electron chi connectivity index (χ3n) is 5.97. The van der Waals surface area contributed by atoms with Gasteiger partial charge in [0, 0.05) is 29.2 Å². The summed E-state index contributed by atoms with van der Waals surface area (Å²) in [5.41, 5.74) is 2.65. The third-order valence-corrected chi connectivity index (χ3v) is 5.97. The van der Waals surface area contributed by atoms with Crippen LogP contribution in [0.4, 0.5) is 22.9 Å². The molecule has 1 aromatic heterocycles. The van der Waals surface area contributed by atoms with Gasteiger partial charge < -0.3 is 16.0 Å². The molecule has 184 valence electrons. The minimum atomic E-state index is -0.821. The summed E-state index contributed by atoms with van der Waals surface area (Å²) in [4.78, 5) is 37.6. The van der Waals surface area contributed by atoms with Crippen LogP contribution in [0.1, 0.15) is 28.9 Å². The number of hydrogen-bond acceptors (Lipinski definition) is 6. The van der Waals surface area contributed by atoms with Crippen molar-refractivity contribution in [1.82, 2.24) is 9.78 Å². The molecular formula is C27H22N6O4. The lowest BCUT2D eigenvalue weighted by atomic mass is 9.94. The Morgan fingerprint density at radius 2 is 1.54 bits per heavy atom. The summed E-state index contributed by atoms with van der Waals surface area (Å²) in [5, 5.41) is 24.8. The summed E-state index contributed by atoms with van der Waals surface area (Å²) in [6.07, 6.45) is 1.41. The Labute approximate surface area is 211 Å². The van der Waals surface area contributed by atoms with Crippen molar-refractivity contribution in [3.63, 3.8) is 0 Å². The number of fused-ring (bicyclic) bond motifs is 1. The molecule has 2 heterocycles. The fourth-order valence-corrected chi connectivity index (χ4v) is 4.27. The monoisotopic (exact) mass is 494 g/mol. The number of nitrogens with zero attached hydrogens (tertiary/aromatic N) is 3. The maximum absolute atomic E-state index is 13.5. The highest BCUT2D eigenvalue weighted by Gasteiger charge is 2.36. The van der Waals surface area contributed by atoms with Crippen molar-refractivity contribution >= 4 is 34.7 Å². The van der Waals surface area contributed by atoms with Crippen LogP contribution in [0.2, 0.25) is 0 Å². The summed E-state index contributed by atoms with van der Waals surface area (Å²) in [6.45, 7) is 1.72. The zero-order chi connectivity index (χ0) is 25.9.